The summed E-state index contributed by atoms with van der Waals surface area (Å²) in [5, 5.41) is 3.25. The zero-order valence-electron chi connectivity index (χ0n) is 16.1. The lowest BCUT2D eigenvalue weighted by molar-refractivity contribution is -0.00829. The minimum absolute atomic E-state index is 0. The van der Waals surface area contributed by atoms with Crippen molar-refractivity contribution in [3.63, 3.8) is 0 Å². The fourth-order valence-electron chi connectivity index (χ4n) is 3.36. The number of benzene rings is 2. The lowest BCUT2D eigenvalue weighted by Gasteiger charge is -2.35. The second-order valence-corrected chi connectivity index (χ2v) is 6.60. The lowest BCUT2D eigenvalue weighted by atomic mass is 10.0. The summed E-state index contributed by atoms with van der Waals surface area (Å²) in [7, 11) is 1.73. The van der Waals surface area contributed by atoms with Gasteiger partial charge in [-0.05, 0) is 36.1 Å². The molecule has 1 unspecified atom stereocenters. The SMILES string of the molecule is CN=C(NCCc1cccc(F)c1F)N1CCOC(c2ccccc2C)C1.I. The molecule has 1 aliphatic heterocycles. The summed E-state index contributed by atoms with van der Waals surface area (Å²) in [6.07, 6.45) is 0.368. The molecule has 3 rings (SSSR count). The van der Waals surface area contributed by atoms with E-state index in [2.05, 4.69) is 34.3 Å². The molecule has 152 valence electrons. The zero-order chi connectivity index (χ0) is 19.2. The van der Waals surface area contributed by atoms with Crippen LogP contribution in [0.3, 0.4) is 0 Å². The third-order valence-corrected chi connectivity index (χ3v) is 4.82. The van der Waals surface area contributed by atoms with Crippen LogP contribution in [0, 0.1) is 18.6 Å². The van der Waals surface area contributed by atoms with Crippen LogP contribution in [0.5, 0.6) is 0 Å². The predicted octanol–water partition coefficient (Wildman–Crippen LogP) is 4.08. The van der Waals surface area contributed by atoms with E-state index in [0.717, 1.165) is 18.6 Å². The molecular weight excluding hydrogens is 475 g/mol. The maximum Gasteiger partial charge on any atom is 0.193 e. The van der Waals surface area contributed by atoms with Crippen LogP contribution in [0.4, 0.5) is 8.78 Å². The molecule has 2 aromatic rings. The number of aryl methyl sites for hydroxylation is 1. The number of nitrogens with zero attached hydrogens (tertiary/aromatic N) is 2. The van der Waals surface area contributed by atoms with E-state index in [1.807, 2.05) is 12.1 Å². The van der Waals surface area contributed by atoms with Crippen molar-refractivity contribution < 1.29 is 13.5 Å². The van der Waals surface area contributed by atoms with Gasteiger partial charge in [-0.3, -0.25) is 4.99 Å². The number of rotatable bonds is 4. The molecule has 0 aromatic heterocycles. The van der Waals surface area contributed by atoms with Crippen LogP contribution in [0.25, 0.3) is 0 Å². The van der Waals surface area contributed by atoms with Crippen molar-refractivity contribution in [2.75, 3.05) is 33.3 Å². The zero-order valence-corrected chi connectivity index (χ0v) is 18.5. The summed E-state index contributed by atoms with van der Waals surface area (Å²) >= 11 is 0. The van der Waals surface area contributed by atoms with Crippen molar-refractivity contribution in [1.29, 1.82) is 0 Å². The van der Waals surface area contributed by atoms with E-state index in [1.54, 1.807) is 13.1 Å². The second-order valence-electron chi connectivity index (χ2n) is 6.60. The highest BCUT2D eigenvalue weighted by Gasteiger charge is 2.25. The first-order valence-corrected chi connectivity index (χ1v) is 9.15. The number of hydrogen-bond acceptors (Lipinski definition) is 2. The molecule has 0 amide bonds. The van der Waals surface area contributed by atoms with Crippen LogP contribution in [-0.2, 0) is 11.2 Å². The number of hydrogen-bond donors (Lipinski definition) is 1. The monoisotopic (exact) mass is 501 g/mol. The van der Waals surface area contributed by atoms with Gasteiger partial charge in [-0.1, -0.05) is 36.4 Å². The lowest BCUT2D eigenvalue weighted by Crippen LogP contribution is -2.48. The van der Waals surface area contributed by atoms with Gasteiger partial charge in [0.05, 0.1) is 13.2 Å². The van der Waals surface area contributed by atoms with Crippen LogP contribution in [-0.4, -0.2) is 44.1 Å². The number of guanidine groups is 1. The summed E-state index contributed by atoms with van der Waals surface area (Å²) in [6.45, 7) is 4.59. The summed E-state index contributed by atoms with van der Waals surface area (Å²) in [5.74, 6) is -0.847. The number of morpholine rings is 1. The molecule has 4 nitrogen and oxygen atoms in total. The first-order chi connectivity index (χ1) is 13.1. The highest BCUT2D eigenvalue weighted by atomic mass is 127. The Morgan fingerprint density at radius 1 is 1.21 bits per heavy atom. The van der Waals surface area contributed by atoms with Crippen LogP contribution in [0.2, 0.25) is 0 Å². The Kier molecular flexibility index (Phi) is 8.62. The van der Waals surface area contributed by atoms with Gasteiger partial charge in [0, 0.05) is 20.1 Å². The summed E-state index contributed by atoms with van der Waals surface area (Å²) in [4.78, 5) is 6.48. The Bertz CT molecular complexity index is 816. The van der Waals surface area contributed by atoms with E-state index in [0.29, 0.717) is 31.7 Å². The van der Waals surface area contributed by atoms with Crippen molar-refractivity contribution in [2.45, 2.75) is 19.4 Å². The van der Waals surface area contributed by atoms with Crippen molar-refractivity contribution >= 4 is 29.9 Å². The first-order valence-electron chi connectivity index (χ1n) is 9.15. The summed E-state index contributed by atoms with van der Waals surface area (Å²) < 4.78 is 33.1. The van der Waals surface area contributed by atoms with Gasteiger partial charge in [-0.25, -0.2) is 8.78 Å². The van der Waals surface area contributed by atoms with Crippen LogP contribution < -0.4 is 5.32 Å². The maximum absolute atomic E-state index is 13.8. The Labute approximate surface area is 182 Å². The molecule has 1 fully saturated rings. The number of nitrogens with one attached hydrogen (secondary N) is 1. The minimum atomic E-state index is -0.814. The number of halogens is 3. The van der Waals surface area contributed by atoms with Gasteiger partial charge in [0.1, 0.15) is 6.10 Å². The molecule has 0 saturated carbocycles. The van der Waals surface area contributed by atoms with E-state index < -0.39 is 11.6 Å². The quantitative estimate of drug-likeness (QED) is 0.390. The van der Waals surface area contributed by atoms with Crippen LogP contribution in [0.15, 0.2) is 47.5 Å². The maximum atomic E-state index is 13.8. The van der Waals surface area contributed by atoms with Gasteiger partial charge in [0.2, 0.25) is 0 Å². The highest BCUT2D eigenvalue weighted by Crippen LogP contribution is 2.25. The Morgan fingerprint density at radius 2 is 2.00 bits per heavy atom. The van der Waals surface area contributed by atoms with Gasteiger partial charge in [-0.2, -0.15) is 0 Å². The van der Waals surface area contributed by atoms with Gasteiger partial charge >= 0.3 is 0 Å². The molecule has 0 spiro atoms. The molecular formula is C21H26F2IN3O. The van der Waals surface area contributed by atoms with Crippen LogP contribution >= 0.6 is 24.0 Å². The average molecular weight is 501 g/mol. The Hall–Kier alpha value is -1.74. The van der Waals surface area contributed by atoms with E-state index >= 15 is 0 Å². The number of ether oxygens (including phenoxy) is 1. The fraction of sp³-hybridized carbons (Fsp3) is 0.381. The molecule has 0 radical (unpaired) electrons. The summed E-state index contributed by atoms with van der Waals surface area (Å²) in [6, 6.07) is 12.5. The van der Waals surface area contributed by atoms with Gasteiger partial charge in [0.15, 0.2) is 17.6 Å². The second kappa shape index (κ2) is 10.7. The van der Waals surface area contributed by atoms with Gasteiger partial charge in [0.25, 0.3) is 0 Å². The minimum Gasteiger partial charge on any atom is -0.370 e. The molecule has 1 saturated heterocycles. The average Bonchev–Trinajstić information content (AvgIpc) is 2.69. The van der Waals surface area contributed by atoms with E-state index in [9.17, 15) is 8.78 Å². The Morgan fingerprint density at radius 3 is 2.75 bits per heavy atom. The van der Waals surface area contributed by atoms with Gasteiger partial charge in [-0.15, -0.1) is 24.0 Å². The van der Waals surface area contributed by atoms with Crippen molar-refractivity contribution in [3.8, 4) is 0 Å². The summed E-state index contributed by atoms with van der Waals surface area (Å²) in [5.41, 5.74) is 2.74. The fourth-order valence-corrected chi connectivity index (χ4v) is 3.36. The predicted molar refractivity (Wildman–Crippen MR) is 118 cm³/mol. The van der Waals surface area contributed by atoms with Crippen molar-refractivity contribution in [2.24, 2.45) is 4.99 Å². The van der Waals surface area contributed by atoms with Crippen molar-refractivity contribution in [3.05, 3.63) is 70.8 Å². The van der Waals surface area contributed by atoms with Gasteiger partial charge < -0.3 is 15.0 Å². The third kappa shape index (κ3) is 5.41. The third-order valence-electron chi connectivity index (χ3n) is 4.82. The molecule has 0 aliphatic carbocycles. The van der Waals surface area contributed by atoms with E-state index in [1.165, 1.54) is 17.2 Å². The highest BCUT2D eigenvalue weighted by molar-refractivity contribution is 14.0. The van der Waals surface area contributed by atoms with Crippen molar-refractivity contribution in [1.82, 2.24) is 10.2 Å². The molecule has 1 N–H and O–H groups in total. The van der Waals surface area contributed by atoms with E-state index in [-0.39, 0.29) is 30.1 Å². The standard InChI is InChI=1S/C21H25F2N3O.HI/c1-15-6-3-4-8-17(15)19-14-26(12-13-27-19)21(24-2)25-11-10-16-7-5-9-18(22)20(16)23;/h3-9,19H,10-14H2,1-2H3,(H,24,25);1H. The first kappa shape index (κ1) is 22.5. The molecule has 0 bridgehead atoms. The molecule has 7 heteroatoms. The normalized spacial score (nSPS) is 17.2. The smallest absolute Gasteiger partial charge is 0.193 e. The molecule has 1 atom stereocenters. The van der Waals surface area contributed by atoms with E-state index in [4.69, 9.17) is 4.74 Å². The molecule has 28 heavy (non-hydrogen) atoms. The topological polar surface area (TPSA) is 36.9 Å². The number of aliphatic imine (C=N–C) groups is 1. The largest absolute Gasteiger partial charge is 0.370 e. The van der Waals surface area contributed by atoms with Crippen LogP contribution in [0.1, 0.15) is 22.8 Å². The Balaban J connectivity index is 0.00000280. The molecule has 1 aliphatic rings. The molecule has 2 aromatic carbocycles. The molecule has 1 heterocycles.